The molecule has 0 bridgehead atoms. The Hall–Kier alpha value is -3.41. The highest BCUT2D eigenvalue weighted by molar-refractivity contribution is 7.88. The van der Waals surface area contributed by atoms with Gasteiger partial charge in [0, 0.05) is 60.0 Å². The molecule has 1 aromatic heterocycles. The van der Waals surface area contributed by atoms with Gasteiger partial charge in [-0.25, -0.2) is 8.42 Å². The van der Waals surface area contributed by atoms with E-state index in [9.17, 15) is 22.8 Å². The molecular weight excluding hydrogens is 530 g/mol. The first kappa shape index (κ1) is 26.2. The molecule has 0 saturated carbocycles. The number of carbonyl (C=O) groups is 3. The SMILES string of the molecule is CS(=O)(=O)N1C[C@H](NC(=O)c2ccc(N3CCCCC3=O)cc2)[C@H](NC(=O)c2ccc3c(Cl)c[nH]c3c2)C1. The maximum Gasteiger partial charge on any atom is 0.251 e. The van der Waals surface area contributed by atoms with E-state index in [2.05, 4.69) is 15.6 Å². The third kappa shape index (κ3) is 5.40. The number of H-pyrrole nitrogens is 1. The number of rotatable bonds is 6. The largest absolute Gasteiger partial charge is 0.360 e. The van der Waals surface area contributed by atoms with Crippen molar-refractivity contribution in [2.45, 2.75) is 31.3 Å². The minimum atomic E-state index is -3.54. The Morgan fingerprint density at radius 2 is 1.61 bits per heavy atom. The topological polar surface area (TPSA) is 132 Å². The number of aromatic nitrogens is 1. The summed E-state index contributed by atoms with van der Waals surface area (Å²) in [5.41, 5.74) is 2.18. The summed E-state index contributed by atoms with van der Waals surface area (Å²) in [6, 6.07) is 10.5. The van der Waals surface area contributed by atoms with Crippen LogP contribution in [-0.4, -0.2) is 73.4 Å². The minimum Gasteiger partial charge on any atom is -0.360 e. The Kier molecular flexibility index (Phi) is 7.17. The summed E-state index contributed by atoms with van der Waals surface area (Å²) in [7, 11) is -3.54. The third-order valence-electron chi connectivity index (χ3n) is 7.05. The Bertz CT molecular complexity index is 1500. The Morgan fingerprint density at radius 1 is 0.974 bits per heavy atom. The lowest BCUT2D eigenvalue weighted by Gasteiger charge is -2.27. The number of halogens is 1. The molecule has 2 atom stereocenters. The van der Waals surface area contributed by atoms with Gasteiger partial charge < -0.3 is 20.5 Å². The fourth-order valence-corrected chi connectivity index (χ4v) is 6.02. The van der Waals surface area contributed by atoms with E-state index >= 15 is 0 Å². The van der Waals surface area contributed by atoms with Crippen molar-refractivity contribution >= 4 is 55.9 Å². The predicted octanol–water partition coefficient (Wildman–Crippen LogP) is 2.51. The second kappa shape index (κ2) is 10.4. The molecule has 0 spiro atoms. The monoisotopic (exact) mass is 557 g/mol. The molecule has 2 aromatic carbocycles. The molecule has 2 saturated heterocycles. The average molecular weight is 558 g/mol. The van der Waals surface area contributed by atoms with Gasteiger partial charge in [-0.2, -0.15) is 4.31 Å². The van der Waals surface area contributed by atoms with Gasteiger partial charge in [-0.15, -0.1) is 0 Å². The molecule has 0 unspecified atom stereocenters. The van der Waals surface area contributed by atoms with Crippen LogP contribution in [0.1, 0.15) is 40.0 Å². The molecule has 5 rings (SSSR count). The maximum absolute atomic E-state index is 13.1. The lowest BCUT2D eigenvalue weighted by Crippen LogP contribution is -2.51. The van der Waals surface area contributed by atoms with Crippen LogP contribution in [0, 0.1) is 0 Å². The number of carbonyl (C=O) groups excluding carboxylic acids is 3. The third-order valence-corrected chi connectivity index (χ3v) is 8.60. The molecule has 38 heavy (non-hydrogen) atoms. The molecule has 3 aromatic rings. The Labute approximate surface area is 225 Å². The van der Waals surface area contributed by atoms with E-state index < -0.39 is 33.9 Å². The van der Waals surface area contributed by atoms with Crippen molar-refractivity contribution in [3.63, 3.8) is 0 Å². The molecule has 2 aliphatic rings. The van der Waals surface area contributed by atoms with Gasteiger partial charge in [0.25, 0.3) is 11.8 Å². The molecule has 200 valence electrons. The van der Waals surface area contributed by atoms with E-state index in [1.807, 2.05) is 0 Å². The minimum absolute atomic E-state index is 0.0289. The first-order valence-electron chi connectivity index (χ1n) is 12.3. The number of anilines is 1. The normalized spacial score (nSPS) is 20.6. The highest BCUT2D eigenvalue weighted by Crippen LogP contribution is 2.24. The number of piperidine rings is 1. The standard InChI is InChI=1S/C26H28ClN5O5S/c1-38(36,37)31-14-22(23(15-31)30-26(35)17-7-10-19-20(27)13-28-21(19)12-17)29-25(34)16-5-8-18(9-6-16)32-11-3-2-4-24(32)33/h5-10,12-13,22-23,28H,2-4,11,14-15H2,1H3,(H,29,34)(H,30,35)/t22-,23+/m0/s1. The molecule has 10 nitrogen and oxygen atoms in total. The van der Waals surface area contributed by atoms with Crippen LogP contribution < -0.4 is 15.5 Å². The molecular formula is C26H28ClN5O5S. The number of amides is 3. The van der Waals surface area contributed by atoms with E-state index in [1.165, 1.54) is 4.31 Å². The number of hydrogen-bond acceptors (Lipinski definition) is 5. The van der Waals surface area contributed by atoms with Crippen molar-refractivity contribution in [2.24, 2.45) is 0 Å². The number of nitrogens with one attached hydrogen (secondary N) is 3. The van der Waals surface area contributed by atoms with Gasteiger partial charge in [0.2, 0.25) is 15.9 Å². The van der Waals surface area contributed by atoms with E-state index in [-0.39, 0.29) is 19.0 Å². The van der Waals surface area contributed by atoms with Gasteiger partial charge in [-0.3, -0.25) is 14.4 Å². The zero-order chi connectivity index (χ0) is 27.0. The number of hydrogen-bond donors (Lipinski definition) is 3. The van der Waals surface area contributed by atoms with Crippen molar-refractivity contribution < 1.29 is 22.8 Å². The molecule has 0 aliphatic carbocycles. The van der Waals surface area contributed by atoms with Gasteiger partial charge in [0.05, 0.1) is 23.4 Å². The van der Waals surface area contributed by atoms with Crippen LogP contribution in [0.4, 0.5) is 5.69 Å². The fourth-order valence-electron chi connectivity index (χ4n) is 4.94. The Balaban J connectivity index is 1.30. The van der Waals surface area contributed by atoms with E-state index in [0.717, 1.165) is 30.2 Å². The summed E-state index contributed by atoms with van der Waals surface area (Å²) in [5, 5.41) is 7.09. The first-order valence-corrected chi connectivity index (χ1v) is 14.6. The molecule has 2 fully saturated rings. The van der Waals surface area contributed by atoms with Gasteiger partial charge in [-0.1, -0.05) is 17.7 Å². The van der Waals surface area contributed by atoms with Crippen LogP contribution in [0.25, 0.3) is 10.9 Å². The summed E-state index contributed by atoms with van der Waals surface area (Å²) < 4.78 is 25.7. The number of aromatic amines is 1. The highest BCUT2D eigenvalue weighted by Gasteiger charge is 2.39. The van der Waals surface area contributed by atoms with Crippen LogP contribution in [0.15, 0.2) is 48.7 Å². The van der Waals surface area contributed by atoms with Gasteiger partial charge in [0.1, 0.15) is 0 Å². The number of nitrogens with zero attached hydrogens (tertiary/aromatic N) is 2. The molecule has 2 aliphatic heterocycles. The second-order valence-electron chi connectivity index (χ2n) is 9.69. The second-order valence-corrected chi connectivity index (χ2v) is 12.1. The highest BCUT2D eigenvalue weighted by atomic mass is 35.5. The molecule has 3 N–H and O–H groups in total. The predicted molar refractivity (Wildman–Crippen MR) is 145 cm³/mol. The zero-order valence-corrected chi connectivity index (χ0v) is 22.3. The van der Waals surface area contributed by atoms with Crippen molar-refractivity contribution in [3.05, 3.63) is 64.8 Å². The summed E-state index contributed by atoms with van der Waals surface area (Å²) in [6.07, 6.45) is 5.07. The summed E-state index contributed by atoms with van der Waals surface area (Å²) in [6.45, 7) is 0.711. The van der Waals surface area contributed by atoms with E-state index in [4.69, 9.17) is 11.6 Å². The van der Waals surface area contributed by atoms with Crippen molar-refractivity contribution in [2.75, 3.05) is 30.8 Å². The van der Waals surface area contributed by atoms with Crippen LogP contribution in [0.2, 0.25) is 5.02 Å². The van der Waals surface area contributed by atoms with Crippen molar-refractivity contribution in [1.29, 1.82) is 0 Å². The Morgan fingerprint density at radius 3 is 2.24 bits per heavy atom. The lowest BCUT2D eigenvalue weighted by molar-refractivity contribution is -0.119. The zero-order valence-electron chi connectivity index (χ0n) is 20.7. The molecule has 12 heteroatoms. The molecule has 3 amide bonds. The van der Waals surface area contributed by atoms with Crippen LogP contribution >= 0.6 is 11.6 Å². The maximum atomic E-state index is 13.1. The number of sulfonamides is 1. The molecule has 0 radical (unpaired) electrons. The van der Waals surface area contributed by atoms with Gasteiger partial charge in [0.15, 0.2) is 0 Å². The average Bonchev–Trinajstić information content (AvgIpc) is 3.47. The number of benzene rings is 2. The fraction of sp³-hybridized carbons (Fsp3) is 0.346. The first-order chi connectivity index (χ1) is 18.1. The number of fused-ring (bicyclic) bond motifs is 1. The van der Waals surface area contributed by atoms with Gasteiger partial charge >= 0.3 is 0 Å². The summed E-state index contributed by atoms with van der Waals surface area (Å²) >= 11 is 6.12. The van der Waals surface area contributed by atoms with Crippen LogP contribution in [-0.2, 0) is 14.8 Å². The van der Waals surface area contributed by atoms with E-state index in [1.54, 1.807) is 53.6 Å². The molecule has 3 heterocycles. The van der Waals surface area contributed by atoms with Crippen LogP contribution in [0.5, 0.6) is 0 Å². The summed E-state index contributed by atoms with van der Waals surface area (Å²) in [4.78, 5) is 43.0. The van der Waals surface area contributed by atoms with Crippen LogP contribution in [0.3, 0.4) is 0 Å². The van der Waals surface area contributed by atoms with E-state index in [0.29, 0.717) is 34.6 Å². The quantitative estimate of drug-likeness (QED) is 0.428. The van der Waals surface area contributed by atoms with Gasteiger partial charge in [-0.05, 0) is 49.2 Å². The lowest BCUT2D eigenvalue weighted by atomic mass is 10.1. The van der Waals surface area contributed by atoms with Crippen molar-refractivity contribution in [3.8, 4) is 0 Å². The van der Waals surface area contributed by atoms with Crippen molar-refractivity contribution in [1.82, 2.24) is 19.9 Å². The summed E-state index contributed by atoms with van der Waals surface area (Å²) in [5.74, 6) is -0.728. The smallest absolute Gasteiger partial charge is 0.251 e.